The monoisotopic (exact) mass is 292 g/mol. The molecule has 0 atom stereocenters. The molecule has 0 N–H and O–H groups in total. The molecule has 0 spiro atoms. The molecule has 120 valence electrons. The molecule has 0 aliphatic heterocycles. The first kappa shape index (κ1) is 19.7. The van der Waals surface area contributed by atoms with E-state index in [1.54, 1.807) is 0 Å². The van der Waals surface area contributed by atoms with Gasteiger partial charge >= 0.3 is 0 Å². The Morgan fingerprint density at radius 3 is 1.71 bits per heavy atom. The molecular formula is C19H32O2. The number of unbranched alkanes of at least 4 members (excludes halogenated alkanes) is 8. The lowest BCUT2D eigenvalue weighted by Crippen LogP contribution is -1.88. The maximum atomic E-state index is 9.76. The van der Waals surface area contributed by atoms with E-state index in [2.05, 4.69) is 18.6 Å². The highest BCUT2D eigenvalue weighted by atomic mass is 16.5. The number of hydrogen-bond acceptors (Lipinski definition) is 2. The molecule has 0 aliphatic rings. The zero-order chi connectivity index (χ0) is 15.6. The van der Waals surface area contributed by atoms with E-state index < -0.39 is 0 Å². The van der Waals surface area contributed by atoms with Crippen LogP contribution in [-0.2, 0) is 16.1 Å². The molecule has 0 bridgehead atoms. The summed E-state index contributed by atoms with van der Waals surface area (Å²) in [7, 11) is 0. The summed E-state index contributed by atoms with van der Waals surface area (Å²) in [6.45, 7) is 5.37. The van der Waals surface area contributed by atoms with Crippen molar-refractivity contribution in [2.24, 2.45) is 0 Å². The predicted molar refractivity (Wildman–Crippen MR) is 90.2 cm³/mol. The van der Waals surface area contributed by atoms with Crippen LogP contribution in [0.2, 0.25) is 0 Å². The van der Waals surface area contributed by atoms with E-state index in [1.165, 1.54) is 57.8 Å². The minimum atomic E-state index is 0.365. The summed E-state index contributed by atoms with van der Waals surface area (Å²) in [6.07, 6.45) is 13.0. The van der Waals surface area contributed by atoms with Crippen molar-refractivity contribution in [2.75, 3.05) is 0 Å². The van der Waals surface area contributed by atoms with Crippen LogP contribution in [0.3, 0.4) is 0 Å². The molecule has 0 unspecified atom stereocenters. The zero-order valence-electron chi connectivity index (χ0n) is 13.9. The van der Waals surface area contributed by atoms with Crippen LogP contribution in [0.25, 0.3) is 0 Å². The summed E-state index contributed by atoms with van der Waals surface area (Å²) in [6, 6.07) is 9.55. The van der Waals surface area contributed by atoms with Gasteiger partial charge in [0, 0.05) is 0 Å². The van der Waals surface area contributed by atoms with Crippen LogP contribution in [-0.4, -0.2) is 6.47 Å². The van der Waals surface area contributed by atoms with Crippen molar-refractivity contribution in [2.45, 2.75) is 78.2 Å². The van der Waals surface area contributed by atoms with E-state index >= 15 is 0 Å². The third-order valence-electron chi connectivity index (χ3n) is 3.37. The zero-order valence-corrected chi connectivity index (χ0v) is 13.9. The Bertz CT molecular complexity index is 301. The average Bonchev–Trinajstić information content (AvgIpc) is 2.54. The van der Waals surface area contributed by atoms with Crippen molar-refractivity contribution in [1.82, 2.24) is 0 Å². The number of rotatable bonds is 11. The largest absolute Gasteiger partial charge is 0.463 e. The maximum absolute atomic E-state index is 9.76. The van der Waals surface area contributed by atoms with Crippen LogP contribution < -0.4 is 0 Å². The van der Waals surface area contributed by atoms with Gasteiger partial charge < -0.3 is 4.74 Å². The summed E-state index contributed by atoms with van der Waals surface area (Å²) in [5, 5.41) is 0. The Morgan fingerprint density at radius 1 is 0.810 bits per heavy atom. The quantitative estimate of drug-likeness (QED) is 0.375. The molecule has 0 aliphatic carbocycles. The number of benzene rings is 1. The van der Waals surface area contributed by atoms with Gasteiger partial charge in [-0.2, -0.15) is 0 Å². The predicted octanol–water partition coefficient (Wildman–Crippen LogP) is 5.90. The fourth-order valence-corrected chi connectivity index (χ4v) is 2.09. The van der Waals surface area contributed by atoms with Crippen molar-refractivity contribution >= 4 is 6.47 Å². The van der Waals surface area contributed by atoms with Gasteiger partial charge in [0.25, 0.3) is 6.47 Å². The van der Waals surface area contributed by atoms with Crippen LogP contribution in [0.4, 0.5) is 0 Å². The number of carbonyl (C=O) groups is 1. The third kappa shape index (κ3) is 14.9. The molecule has 0 aromatic heterocycles. The molecular weight excluding hydrogens is 260 g/mol. The van der Waals surface area contributed by atoms with E-state index in [9.17, 15) is 4.79 Å². The SMILES string of the molecule is CCCCCCCCCCC.O=COCc1ccccc1. The lowest BCUT2D eigenvalue weighted by molar-refractivity contribution is -0.129. The Labute approximate surface area is 130 Å². The van der Waals surface area contributed by atoms with E-state index in [4.69, 9.17) is 0 Å². The van der Waals surface area contributed by atoms with Crippen LogP contribution in [0.15, 0.2) is 30.3 Å². The second-order valence-electron chi connectivity index (χ2n) is 5.37. The first-order valence-electron chi connectivity index (χ1n) is 8.44. The molecule has 0 heterocycles. The molecule has 0 saturated heterocycles. The van der Waals surface area contributed by atoms with Crippen molar-refractivity contribution in [3.05, 3.63) is 35.9 Å². The van der Waals surface area contributed by atoms with Gasteiger partial charge in [0.2, 0.25) is 0 Å². The fourth-order valence-electron chi connectivity index (χ4n) is 2.09. The molecule has 0 fully saturated rings. The number of ether oxygens (including phenoxy) is 1. The fraction of sp³-hybridized carbons (Fsp3) is 0.632. The molecule has 21 heavy (non-hydrogen) atoms. The van der Waals surface area contributed by atoms with Gasteiger partial charge in [-0.25, -0.2) is 0 Å². The van der Waals surface area contributed by atoms with Gasteiger partial charge in [0.1, 0.15) is 6.61 Å². The van der Waals surface area contributed by atoms with Gasteiger partial charge in [-0.15, -0.1) is 0 Å². The summed E-state index contributed by atoms with van der Waals surface area (Å²) >= 11 is 0. The number of hydrogen-bond donors (Lipinski definition) is 0. The minimum Gasteiger partial charge on any atom is -0.463 e. The third-order valence-corrected chi connectivity index (χ3v) is 3.37. The van der Waals surface area contributed by atoms with Crippen LogP contribution in [0.1, 0.15) is 77.2 Å². The normalized spacial score (nSPS) is 9.62. The number of carbonyl (C=O) groups excluding carboxylic acids is 1. The molecule has 2 heteroatoms. The first-order chi connectivity index (χ1) is 10.3. The molecule has 0 radical (unpaired) electrons. The molecule has 0 amide bonds. The van der Waals surface area contributed by atoms with Crippen molar-refractivity contribution in [1.29, 1.82) is 0 Å². The average molecular weight is 292 g/mol. The van der Waals surface area contributed by atoms with Gasteiger partial charge in [-0.05, 0) is 5.56 Å². The Hall–Kier alpha value is -1.31. The second kappa shape index (κ2) is 16.7. The summed E-state index contributed by atoms with van der Waals surface area (Å²) in [4.78, 5) is 9.76. The maximum Gasteiger partial charge on any atom is 0.293 e. The second-order valence-corrected chi connectivity index (χ2v) is 5.37. The van der Waals surface area contributed by atoms with E-state index in [1.807, 2.05) is 30.3 Å². The Morgan fingerprint density at radius 2 is 1.29 bits per heavy atom. The summed E-state index contributed by atoms with van der Waals surface area (Å²) in [5.74, 6) is 0. The topological polar surface area (TPSA) is 26.3 Å². The van der Waals surface area contributed by atoms with E-state index in [0.717, 1.165) is 5.56 Å². The highest BCUT2D eigenvalue weighted by Crippen LogP contribution is 2.08. The van der Waals surface area contributed by atoms with Crippen LogP contribution >= 0.6 is 0 Å². The van der Waals surface area contributed by atoms with Crippen molar-refractivity contribution in [3.63, 3.8) is 0 Å². The van der Waals surface area contributed by atoms with E-state index in [0.29, 0.717) is 13.1 Å². The van der Waals surface area contributed by atoms with Crippen LogP contribution in [0, 0.1) is 0 Å². The molecule has 1 rings (SSSR count). The standard InChI is InChI=1S/C11H24.C8H8O2/c1-3-5-7-9-11-10-8-6-4-2;9-7-10-6-8-4-2-1-3-5-8/h3-11H2,1-2H3;1-5,7H,6H2. The molecule has 1 aromatic rings. The molecule has 1 aromatic carbocycles. The van der Waals surface area contributed by atoms with Gasteiger partial charge in [0.15, 0.2) is 0 Å². The highest BCUT2D eigenvalue weighted by Gasteiger charge is 1.89. The first-order valence-corrected chi connectivity index (χ1v) is 8.44. The molecule has 0 saturated carbocycles. The highest BCUT2D eigenvalue weighted by molar-refractivity contribution is 5.37. The summed E-state index contributed by atoms with van der Waals surface area (Å²) in [5.41, 5.74) is 1.01. The smallest absolute Gasteiger partial charge is 0.293 e. The lowest BCUT2D eigenvalue weighted by atomic mass is 10.1. The van der Waals surface area contributed by atoms with Crippen LogP contribution in [0.5, 0.6) is 0 Å². The molecule has 2 nitrogen and oxygen atoms in total. The summed E-state index contributed by atoms with van der Waals surface area (Å²) < 4.78 is 4.54. The van der Waals surface area contributed by atoms with E-state index in [-0.39, 0.29) is 0 Å². The van der Waals surface area contributed by atoms with Gasteiger partial charge in [-0.3, -0.25) is 4.79 Å². The van der Waals surface area contributed by atoms with Crippen molar-refractivity contribution in [3.8, 4) is 0 Å². The van der Waals surface area contributed by atoms with Gasteiger partial charge in [-0.1, -0.05) is 102 Å². The van der Waals surface area contributed by atoms with Gasteiger partial charge in [0.05, 0.1) is 0 Å². The Balaban J connectivity index is 0.000000382. The van der Waals surface area contributed by atoms with Crippen molar-refractivity contribution < 1.29 is 9.53 Å². The minimum absolute atomic E-state index is 0.365. The lowest BCUT2D eigenvalue weighted by Gasteiger charge is -1.98. The Kier molecular flexibility index (Phi) is 15.7.